The van der Waals surface area contributed by atoms with Crippen molar-refractivity contribution in [3.05, 3.63) is 92.8 Å². The first kappa shape index (κ1) is 19.5. The summed E-state index contributed by atoms with van der Waals surface area (Å²) < 4.78 is 1.51. The molecule has 2 aromatic heterocycles. The number of H-pyrrole nitrogens is 1. The third kappa shape index (κ3) is 3.31. The number of aromatic nitrogens is 3. The minimum atomic E-state index is -0.539. The minimum Gasteiger partial charge on any atom is -0.339 e. The fraction of sp³-hybridized carbons (Fsp3) is 0.200. The number of rotatable bonds is 4. The van der Waals surface area contributed by atoms with Gasteiger partial charge in [-0.2, -0.15) is 0 Å². The Bertz CT molecular complexity index is 1530. The topological polar surface area (TPSA) is 100 Å². The Morgan fingerprint density at radius 1 is 1.03 bits per heavy atom. The van der Waals surface area contributed by atoms with Crippen LogP contribution in [0.1, 0.15) is 34.8 Å². The maximum absolute atomic E-state index is 13.1. The van der Waals surface area contributed by atoms with Crippen molar-refractivity contribution < 1.29 is 4.79 Å². The molecule has 2 N–H and O–H groups in total. The summed E-state index contributed by atoms with van der Waals surface area (Å²) >= 11 is 0. The second kappa shape index (κ2) is 7.44. The lowest BCUT2D eigenvalue weighted by Gasteiger charge is -2.23. The van der Waals surface area contributed by atoms with E-state index in [9.17, 15) is 14.4 Å². The van der Waals surface area contributed by atoms with E-state index in [4.69, 9.17) is 0 Å². The molecule has 2 aliphatic rings. The van der Waals surface area contributed by atoms with Crippen LogP contribution in [0.5, 0.6) is 0 Å². The number of amides is 1. The second-order valence-electron chi connectivity index (χ2n) is 8.46. The molecule has 2 aromatic carbocycles. The van der Waals surface area contributed by atoms with Gasteiger partial charge in [0.15, 0.2) is 0 Å². The monoisotopic (exact) mass is 439 g/mol. The number of nitrogens with zero attached hydrogens (tertiary/aromatic N) is 3. The number of benzene rings is 2. The standard InChI is InChI=1S/C25H21N5O3/c31-23(16-13-18-22(26-14-16)30(17-9-10-17)25(33)28-24(18)32)27-19-6-2-4-8-21(19)29-12-11-15-5-1-3-7-20(15)29/h1-8,13-14,17H,9-12H2,(H,27,31)(H,28,32,33). The van der Waals surface area contributed by atoms with Crippen molar-refractivity contribution in [2.75, 3.05) is 16.8 Å². The van der Waals surface area contributed by atoms with E-state index < -0.39 is 11.2 Å². The predicted octanol–water partition coefficient (Wildman–Crippen LogP) is 3.37. The molecule has 4 aromatic rings. The van der Waals surface area contributed by atoms with Gasteiger partial charge in [0.2, 0.25) is 0 Å². The number of anilines is 3. The molecule has 6 rings (SSSR count). The lowest BCUT2D eigenvalue weighted by atomic mass is 10.1. The number of nitrogens with one attached hydrogen (secondary N) is 2. The van der Waals surface area contributed by atoms with Crippen LogP contribution in [0.25, 0.3) is 11.0 Å². The van der Waals surface area contributed by atoms with Crippen molar-refractivity contribution in [1.82, 2.24) is 14.5 Å². The number of fused-ring (bicyclic) bond motifs is 2. The fourth-order valence-corrected chi connectivity index (χ4v) is 4.53. The van der Waals surface area contributed by atoms with E-state index in [1.807, 2.05) is 36.4 Å². The molecule has 8 nitrogen and oxygen atoms in total. The summed E-state index contributed by atoms with van der Waals surface area (Å²) in [6.45, 7) is 0.831. The number of pyridine rings is 1. The summed E-state index contributed by atoms with van der Waals surface area (Å²) in [7, 11) is 0. The van der Waals surface area contributed by atoms with E-state index in [1.54, 1.807) is 0 Å². The first-order chi connectivity index (χ1) is 16.1. The molecule has 0 saturated heterocycles. The third-order valence-electron chi connectivity index (χ3n) is 6.28. The van der Waals surface area contributed by atoms with Gasteiger partial charge in [0.1, 0.15) is 5.65 Å². The van der Waals surface area contributed by atoms with E-state index in [-0.39, 0.29) is 22.9 Å². The highest BCUT2D eigenvalue weighted by atomic mass is 16.2. The van der Waals surface area contributed by atoms with Gasteiger partial charge in [-0.3, -0.25) is 19.1 Å². The summed E-state index contributed by atoms with van der Waals surface area (Å²) in [6, 6.07) is 17.5. The van der Waals surface area contributed by atoms with Gasteiger partial charge in [-0.1, -0.05) is 30.3 Å². The van der Waals surface area contributed by atoms with Crippen LogP contribution in [0, 0.1) is 0 Å². The van der Waals surface area contributed by atoms with Gasteiger partial charge in [-0.15, -0.1) is 0 Å². The predicted molar refractivity (Wildman–Crippen MR) is 126 cm³/mol. The molecule has 8 heteroatoms. The molecule has 33 heavy (non-hydrogen) atoms. The minimum absolute atomic E-state index is 0.0549. The van der Waals surface area contributed by atoms with Crippen LogP contribution >= 0.6 is 0 Å². The summed E-state index contributed by atoms with van der Waals surface area (Å²) in [6.07, 6.45) is 4.12. The molecular weight excluding hydrogens is 418 g/mol. The van der Waals surface area contributed by atoms with Crippen molar-refractivity contribution in [3.8, 4) is 0 Å². The van der Waals surface area contributed by atoms with E-state index in [1.165, 1.54) is 22.4 Å². The zero-order valence-electron chi connectivity index (χ0n) is 17.7. The number of para-hydroxylation sites is 3. The van der Waals surface area contributed by atoms with Crippen LogP contribution in [0.3, 0.4) is 0 Å². The van der Waals surface area contributed by atoms with Gasteiger partial charge in [-0.05, 0) is 49.1 Å². The Balaban J connectivity index is 1.35. The molecule has 0 bridgehead atoms. The maximum Gasteiger partial charge on any atom is 0.330 e. The third-order valence-corrected chi connectivity index (χ3v) is 6.28. The number of carbonyl (C=O) groups is 1. The van der Waals surface area contributed by atoms with Crippen LogP contribution in [-0.2, 0) is 6.42 Å². The van der Waals surface area contributed by atoms with Crippen molar-refractivity contribution in [2.24, 2.45) is 0 Å². The van der Waals surface area contributed by atoms with Crippen LogP contribution < -0.4 is 21.5 Å². The van der Waals surface area contributed by atoms with Crippen molar-refractivity contribution in [2.45, 2.75) is 25.3 Å². The second-order valence-corrected chi connectivity index (χ2v) is 8.46. The largest absolute Gasteiger partial charge is 0.339 e. The Morgan fingerprint density at radius 3 is 2.61 bits per heavy atom. The van der Waals surface area contributed by atoms with Gasteiger partial charge in [0.05, 0.1) is 22.3 Å². The Hall–Kier alpha value is -4.20. The van der Waals surface area contributed by atoms with Crippen LogP contribution in [0.15, 0.2) is 70.4 Å². The highest BCUT2D eigenvalue weighted by Crippen LogP contribution is 2.38. The first-order valence-electron chi connectivity index (χ1n) is 11.0. The fourth-order valence-electron chi connectivity index (χ4n) is 4.53. The maximum atomic E-state index is 13.1. The molecule has 1 aliphatic heterocycles. The van der Waals surface area contributed by atoms with Crippen molar-refractivity contribution in [1.29, 1.82) is 0 Å². The van der Waals surface area contributed by atoms with Gasteiger partial charge in [0, 0.05) is 24.5 Å². The average Bonchev–Trinajstić information content (AvgIpc) is 3.57. The van der Waals surface area contributed by atoms with Crippen molar-refractivity contribution in [3.63, 3.8) is 0 Å². The first-order valence-corrected chi connectivity index (χ1v) is 11.0. The van der Waals surface area contributed by atoms with Gasteiger partial charge in [-0.25, -0.2) is 9.78 Å². The smallest absolute Gasteiger partial charge is 0.330 e. The quantitative estimate of drug-likeness (QED) is 0.508. The molecule has 164 valence electrons. The van der Waals surface area contributed by atoms with Gasteiger partial charge in [0.25, 0.3) is 11.5 Å². The molecule has 0 atom stereocenters. The Kier molecular flexibility index (Phi) is 4.39. The zero-order valence-corrected chi connectivity index (χ0v) is 17.7. The molecule has 1 fully saturated rings. The number of hydrogen-bond donors (Lipinski definition) is 2. The lowest BCUT2D eigenvalue weighted by Crippen LogP contribution is -2.30. The van der Waals surface area contributed by atoms with Crippen LogP contribution in [0.4, 0.5) is 17.1 Å². The van der Waals surface area contributed by atoms with Crippen LogP contribution in [0.2, 0.25) is 0 Å². The zero-order chi connectivity index (χ0) is 22.5. The highest BCUT2D eigenvalue weighted by Gasteiger charge is 2.28. The molecular formula is C25H21N5O3. The van der Waals surface area contributed by atoms with E-state index >= 15 is 0 Å². The summed E-state index contributed by atoms with van der Waals surface area (Å²) in [5.41, 5.74) is 3.57. The molecule has 0 spiro atoms. The SMILES string of the molecule is O=C(Nc1ccccc1N1CCc2ccccc21)c1cnc2c(c1)c(=O)[nH]c(=O)n2C1CC1. The summed E-state index contributed by atoms with van der Waals surface area (Å²) in [5.74, 6) is -0.368. The molecule has 3 heterocycles. The number of aromatic amines is 1. The molecule has 1 amide bonds. The molecule has 1 saturated carbocycles. The Labute approximate surface area is 188 Å². The molecule has 0 radical (unpaired) electrons. The van der Waals surface area contributed by atoms with Crippen molar-refractivity contribution >= 4 is 34.0 Å². The molecule has 0 unspecified atom stereocenters. The van der Waals surface area contributed by atoms with Crippen LogP contribution in [-0.4, -0.2) is 27.0 Å². The molecule has 1 aliphatic carbocycles. The van der Waals surface area contributed by atoms with E-state index in [2.05, 4.69) is 32.3 Å². The summed E-state index contributed by atoms with van der Waals surface area (Å²) in [5, 5.41) is 3.21. The Morgan fingerprint density at radius 2 is 1.79 bits per heavy atom. The number of carbonyl (C=O) groups excluding carboxylic acids is 1. The highest BCUT2D eigenvalue weighted by molar-refractivity contribution is 6.07. The lowest BCUT2D eigenvalue weighted by molar-refractivity contribution is 0.102. The van der Waals surface area contributed by atoms with E-state index in [0.29, 0.717) is 11.3 Å². The average molecular weight is 439 g/mol. The van der Waals surface area contributed by atoms with Gasteiger partial charge < -0.3 is 10.2 Å². The van der Waals surface area contributed by atoms with E-state index in [0.717, 1.165) is 37.2 Å². The number of hydrogen-bond acceptors (Lipinski definition) is 5. The van der Waals surface area contributed by atoms with Gasteiger partial charge >= 0.3 is 5.69 Å². The summed E-state index contributed by atoms with van der Waals surface area (Å²) in [4.78, 5) is 46.7. The normalized spacial score (nSPS) is 15.0.